The SMILES string of the molecule is CC.CC(=O)c1cccc(OCCCCC2OCCO2)c1C(C)=O.CCC(C)C1CCC(=O)NC1=O. The average molecular weight is 506 g/mol. The predicted molar refractivity (Wildman–Crippen MR) is 138 cm³/mol. The minimum Gasteiger partial charge on any atom is -0.493 e. The number of carbonyl (C=O) groups is 4. The van der Waals surface area contributed by atoms with Crippen molar-refractivity contribution in [2.24, 2.45) is 11.8 Å². The number of hydrogen-bond donors (Lipinski definition) is 1. The van der Waals surface area contributed by atoms with Crippen molar-refractivity contribution in [3.05, 3.63) is 29.3 Å². The molecule has 2 atom stereocenters. The molecule has 8 nitrogen and oxygen atoms in total. The lowest BCUT2D eigenvalue weighted by Gasteiger charge is -2.25. The van der Waals surface area contributed by atoms with Crippen molar-refractivity contribution < 1.29 is 33.4 Å². The zero-order chi connectivity index (χ0) is 27.1. The van der Waals surface area contributed by atoms with E-state index in [-0.39, 0.29) is 35.6 Å². The van der Waals surface area contributed by atoms with E-state index >= 15 is 0 Å². The third kappa shape index (κ3) is 10.2. The van der Waals surface area contributed by atoms with Crippen molar-refractivity contribution in [1.29, 1.82) is 0 Å². The first-order valence-electron chi connectivity index (χ1n) is 13.1. The minimum absolute atomic E-state index is 0.0488. The Labute approximate surface area is 215 Å². The molecule has 0 saturated carbocycles. The molecular weight excluding hydrogens is 462 g/mol. The number of nitrogens with one attached hydrogen (secondary N) is 1. The Bertz CT molecular complexity index is 861. The van der Waals surface area contributed by atoms with Gasteiger partial charge in [0.2, 0.25) is 11.8 Å². The highest BCUT2D eigenvalue weighted by Gasteiger charge is 2.29. The van der Waals surface area contributed by atoms with Crippen LogP contribution in [-0.4, -0.2) is 49.5 Å². The van der Waals surface area contributed by atoms with E-state index in [0.29, 0.717) is 49.0 Å². The quantitative estimate of drug-likeness (QED) is 0.267. The Kier molecular flexibility index (Phi) is 14.8. The molecule has 36 heavy (non-hydrogen) atoms. The first-order chi connectivity index (χ1) is 17.2. The number of hydrogen-bond acceptors (Lipinski definition) is 7. The molecule has 1 aromatic carbocycles. The first kappa shape index (κ1) is 31.4. The van der Waals surface area contributed by atoms with E-state index in [1.165, 1.54) is 13.8 Å². The fourth-order valence-electron chi connectivity index (χ4n) is 4.01. The van der Waals surface area contributed by atoms with Crippen molar-refractivity contribution >= 4 is 23.4 Å². The monoisotopic (exact) mass is 505 g/mol. The largest absolute Gasteiger partial charge is 0.493 e. The molecule has 1 aromatic rings. The lowest BCUT2D eigenvalue weighted by molar-refractivity contribution is -0.137. The smallest absolute Gasteiger partial charge is 0.229 e. The second-order valence-electron chi connectivity index (χ2n) is 8.75. The summed E-state index contributed by atoms with van der Waals surface area (Å²) in [5.74, 6) is 0.416. The molecule has 2 saturated heterocycles. The molecule has 1 N–H and O–H groups in total. The van der Waals surface area contributed by atoms with Crippen molar-refractivity contribution in [3.63, 3.8) is 0 Å². The molecule has 2 unspecified atom stereocenters. The van der Waals surface area contributed by atoms with Gasteiger partial charge in [0, 0.05) is 17.9 Å². The van der Waals surface area contributed by atoms with Crippen LogP contribution in [0.2, 0.25) is 0 Å². The highest BCUT2D eigenvalue weighted by Crippen LogP contribution is 2.25. The van der Waals surface area contributed by atoms with Crippen LogP contribution in [0.4, 0.5) is 0 Å². The molecular formula is C28H43NO7. The number of ketones is 2. The van der Waals surface area contributed by atoms with Crippen LogP contribution < -0.4 is 10.1 Å². The first-order valence-corrected chi connectivity index (χ1v) is 13.1. The molecule has 202 valence electrons. The summed E-state index contributed by atoms with van der Waals surface area (Å²) in [5, 5.41) is 2.37. The second-order valence-corrected chi connectivity index (χ2v) is 8.75. The summed E-state index contributed by atoms with van der Waals surface area (Å²) in [4.78, 5) is 45.5. The van der Waals surface area contributed by atoms with Crippen molar-refractivity contribution in [1.82, 2.24) is 5.32 Å². The van der Waals surface area contributed by atoms with Gasteiger partial charge < -0.3 is 14.2 Å². The molecule has 2 fully saturated rings. The topological polar surface area (TPSA) is 108 Å². The van der Waals surface area contributed by atoms with Crippen LogP contribution in [0.15, 0.2) is 18.2 Å². The zero-order valence-corrected chi connectivity index (χ0v) is 22.7. The van der Waals surface area contributed by atoms with Crippen LogP contribution in [0.5, 0.6) is 5.75 Å². The number of unbranched alkanes of at least 4 members (excludes halogenated alkanes) is 1. The van der Waals surface area contributed by atoms with Crippen LogP contribution in [0.25, 0.3) is 0 Å². The van der Waals surface area contributed by atoms with Crippen molar-refractivity contribution in [3.8, 4) is 5.75 Å². The Hall–Kier alpha value is -2.58. The highest BCUT2D eigenvalue weighted by atomic mass is 16.7. The van der Waals surface area contributed by atoms with E-state index in [4.69, 9.17) is 14.2 Å². The maximum Gasteiger partial charge on any atom is 0.229 e. The number of Topliss-reactive ketones (excluding diaryl/α,β-unsaturated/α-hetero) is 2. The Balaban J connectivity index is 0.000000391. The summed E-state index contributed by atoms with van der Waals surface area (Å²) >= 11 is 0. The van der Waals surface area contributed by atoms with Crippen LogP contribution in [0.1, 0.15) is 101 Å². The number of ether oxygens (including phenoxy) is 3. The molecule has 0 aromatic heterocycles. The molecule has 3 rings (SSSR count). The van der Waals surface area contributed by atoms with Gasteiger partial charge >= 0.3 is 0 Å². The van der Waals surface area contributed by atoms with Gasteiger partial charge in [0.1, 0.15) is 5.75 Å². The van der Waals surface area contributed by atoms with Gasteiger partial charge in [0.15, 0.2) is 17.9 Å². The maximum absolute atomic E-state index is 11.8. The highest BCUT2D eigenvalue weighted by molar-refractivity contribution is 6.09. The van der Waals surface area contributed by atoms with E-state index in [1.54, 1.807) is 18.2 Å². The lowest BCUT2D eigenvalue weighted by atomic mass is 9.85. The summed E-state index contributed by atoms with van der Waals surface area (Å²) in [7, 11) is 0. The predicted octanol–water partition coefficient (Wildman–Crippen LogP) is 5.13. The maximum atomic E-state index is 11.8. The van der Waals surface area contributed by atoms with Gasteiger partial charge in [-0.25, -0.2) is 0 Å². The van der Waals surface area contributed by atoms with E-state index in [0.717, 1.165) is 32.1 Å². The molecule has 0 spiro atoms. The van der Waals surface area contributed by atoms with E-state index in [9.17, 15) is 19.2 Å². The van der Waals surface area contributed by atoms with E-state index in [2.05, 4.69) is 19.2 Å². The fraction of sp³-hybridized carbons (Fsp3) is 0.643. The molecule has 0 bridgehead atoms. The van der Waals surface area contributed by atoms with Gasteiger partial charge in [-0.05, 0) is 51.5 Å². The second kappa shape index (κ2) is 17.0. The number of benzene rings is 1. The standard InChI is InChI=1S/C17H22O5.C9H15NO2.C2H6/c1-12(18)14-6-5-7-15(17(14)13(2)19)20-9-4-3-8-16-21-10-11-22-16;1-3-6(2)7-4-5-8(11)10-9(7)12;1-2/h5-7,16H,3-4,8-11H2,1-2H3;6-7H,3-5H2,1-2H3,(H,10,11,12);1-2H3. The average Bonchev–Trinajstić information content (AvgIpc) is 3.38. The normalized spacial score (nSPS) is 18.2. The van der Waals surface area contributed by atoms with Crippen LogP contribution in [0, 0.1) is 11.8 Å². The summed E-state index contributed by atoms with van der Waals surface area (Å²) in [6, 6.07) is 5.12. The van der Waals surface area contributed by atoms with Crippen LogP contribution in [0.3, 0.4) is 0 Å². The zero-order valence-electron chi connectivity index (χ0n) is 22.7. The van der Waals surface area contributed by atoms with Crippen LogP contribution in [-0.2, 0) is 19.1 Å². The molecule has 2 heterocycles. The number of piperidine rings is 1. The van der Waals surface area contributed by atoms with Crippen molar-refractivity contribution in [2.45, 2.75) is 86.4 Å². The van der Waals surface area contributed by atoms with E-state index in [1.807, 2.05) is 13.8 Å². The van der Waals surface area contributed by atoms with Crippen molar-refractivity contribution in [2.75, 3.05) is 19.8 Å². The molecule has 8 heteroatoms. The number of amides is 2. The Morgan fingerprint density at radius 3 is 2.31 bits per heavy atom. The minimum atomic E-state index is -0.159. The molecule has 0 radical (unpaired) electrons. The van der Waals surface area contributed by atoms with Gasteiger partial charge in [-0.1, -0.05) is 46.2 Å². The lowest BCUT2D eigenvalue weighted by Crippen LogP contribution is -2.42. The van der Waals surface area contributed by atoms with Crippen LogP contribution >= 0.6 is 0 Å². The van der Waals surface area contributed by atoms with Gasteiger partial charge in [-0.2, -0.15) is 0 Å². The summed E-state index contributed by atoms with van der Waals surface area (Å²) in [5.41, 5.74) is 0.787. The molecule has 0 aliphatic carbocycles. The third-order valence-corrected chi connectivity index (χ3v) is 6.15. The van der Waals surface area contributed by atoms with Gasteiger partial charge in [0.05, 0.1) is 25.4 Å². The number of imide groups is 1. The summed E-state index contributed by atoms with van der Waals surface area (Å²) < 4.78 is 16.4. The van der Waals surface area contributed by atoms with Gasteiger partial charge in [-0.15, -0.1) is 0 Å². The summed E-state index contributed by atoms with van der Waals surface area (Å²) in [6.07, 6.45) is 4.73. The number of rotatable bonds is 10. The fourth-order valence-corrected chi connectivity index (χ4v) is 4.01. The third-order valence-electron chi connectivity index (χ3n) is 6.15. The van der Waals surface area contributed by atoms with Gasteiger partial charge in [0.25, 0.3) is 0 Å². The van der Waals surface area contributed by atoms with Gasteiger partial charge in [-0.3, -0.25) is 24.5 Å². The molecule has 2 aliphatic heterocycles. The number of carbonyl (C=O) groups excluding carboxylic acids is 4. The Morgan fingerprint density at radius 1 is 1.08 bits per heavy atom. The Morgan fingerprint density at radius 2 is 1.75 bits per heavy atom. The van der Waals surface area contributed by atoms with E-state index < -0.39 is 0 Å². The molecule has 2 amide bonds. The molecule has 2 aliphatic rings. The summed E-state index contributed by atoms with van der Waals surface area (Å²) in [6.45, 7) is 12.8.